The molecule has 0 saturated heterocycles. The highest BCUT2D eigenvalue weighted by Crippen LogP contribution is 2.36. The summed E-state index contributed by atoms with van der Waals surface area (Å²) in [5, 5.41) is 12.6. The minimum absolute atomic E-state index is 0.0337. The Bertz CT molecular complexity index is 636. The smallest absolute Gasteiger partial charge is 0.0973 e. The molecule has 2 nitrogen and oxygen atoms in total. The second-order valence-corrected chi connectivity index (χ2v) is 4.28. The summed E-state index contributed by atoms with van der Waals surface area (Å²) in [6.45, 7) is 0. The van der Waals surface area contributed by atoms with Gasteiger partial charge in [0.15, 0.2) is 0 Å². The van der Waals surface area contributed by atoms with Crippen LogP contribution in [0.15, 0.2) is 60.2 Å². The van der Waals surface area contributed by atoms with Crippen LogP contribution in [0.5, 0.6) is 0 Å². The number of nitrogens with zero attached hydrogens (tertiary/aromatic N) is 1. The number of para-hydroxylation sites is 1. The standard InChI is InChI=1S/C16H12N2/c17-11-13-10-12-6-4-5-9-15(12)16(13)18-14-7-2-1-3-8-14/h1-10,16,18H. The van der Waals surface area contributed by atoms with Gasteiger partial charge in [0.1, 0.15) is 0 Å². The molecular formula is C16H12N2. The zero-order valence-corrected chi connectivity index (χ0v) is 9.80. The van der Waals surface area contributed by atoms with Gasteiger partial charge in [-0.15, -0.1) is 0 Å². The summed E-state index contributed by atoms with van der Waals surface area (Å²) < 4.78 is 0. The lowest BCUT2D eigenvalue weighted by Gasteiger charge is -2.16. The van der Waals surface area contributed by atoms with E-state index in [9.17, 15) is 5.26 Å². The summed E-state index contributed by atoms with van der Waals surface area (Å²) in [7, 11) is 0. The Labute approximate surface area is 106 Å². The van der Waals surface area contributed by atoms with Crippen LogP contribution in [0.25, 0.3) is 6.08 Å². The van der Waals surface area contributed by atoms with Gasteiger partial charge in [0.25, 0.3) is 0 Å². The Hall–Kier alpha value is -2.53. The largest absolute Gasteiger partial charge is 0.373 e. The van der Waals surface area contributed by atoms with Crippen LogP contribution in [-0.4, -0.2) is 0 Å². The maximum absolute atomic E-state index is 9.23. The Morgan fingerprint density at radius 3 is 2.44 bits per heavy atom. The van der Waals surface area contributed by atoms with Gasteiger partial charge in [0.2, 0.25) is 0 Å². The second kappa shape index (κ2) is 4.38. The van der Waals surface area contributed by atoms with Crippen molar-refractivity contribution in [1.82, 2.24) is 0 Å². The van der Waals surface area contributed by atoms with E-state index in [1.54, 1.807) is 0 Å². The van der Waals surface area contributed by atoms with Crippen molar-refractivity contribution < 1.29 is 0 Å². The molecule has 0 aliphatic heterocycles. The first-order chi connectivity index (χ1) is 8.88. The molecule has 0 bridgehead atoms. The van der Waals surface area contributed by atoms with Crippen molar-refractivity contribution in [3.63, 3.8) is 0 Å². The molecule has 0 aromatic heterocycles. The fourth-order valence-electron chi connectivity index (χ4n) is 2.28. The van der Waals surface area contributed by atoms with Gasteiger partial charge in [-0.3, -0.25) is 0 Å². The minimum Gasteiger partial charge on any atom is -0.373 e. The first-order valence-electron chi connectivity index (χ1n) is 5.91. The highest BCUT2D eigenvalue weighted by molar-refractivity contribution is 5.72. The highest BCUT2D eigenvalue weighted by Gasteiger charge is 2.24. The molecule has 3 rings (SSSR count). The summed E-state index contributed by atoms with van der Waals surface area (Å²) in [5.41, 5.74) is 4.08. The van der Waals surface area contributed by atoms with E-state index in [1.807, 2.05) is 54.6 Å². The summed E-state index contributed by atoms with van der Waals surface area (Å²) in [4.78, 5) is 0. The third-order valence-corrected chi connectivity index (χ3v) is 3.14. The monoisotopic (exact) mass is 232 g/mol. The van der Waals surface area contributed by atoms with E-state index >= 15 is 0 Å². The molecule has 1 aliphatic carbocycles. The van der Waals surface area contributed by atoms with Crippen LogP contribution in [0.1, 0.15) is 17.2 Å². The molecule has 1 unspecified atom stereocenters. The van der Waals surface area contributed by atoms with E-state index in [1.165, 1.54) is 0 Å². The van der Waals surface area contributed by atoms with E-state index in [0.717, 1.165) is 22.4 Å². The van der Waals surface area contributed by atoms with Crippen LogP contribution in [0, 0.1) is 11.3 Å². The number of fused-ring (bicyclic) bond motifs is 1. The van der Waals surface area contributed by atoms with E-state index < -0.39 is 0 Å². The molecule has 86 valence electrons. The SMILES string of the molecule is N#CC1=Cc2ccccc2C1Nc1ccccc1. The molecule has 0 heterocycles. The molecule has 1 N–H and O–H groups in total. The van der Waals surface area contributed by atoms with Gasteiger partial charge < -0.3 is 5.32 Å². The van der Waals surface area contributed by atoms with Crippen molar-refractivity contribution in [2.24, 2.45) is 0 Å². The van der Waals surface area contributed by atoms with Crippen molar-refractivity contribution >= 4 is 11.8 Å². The summed E-state index contributed by atoms with van der Waals surface area (Å²) >= 11 is 0. The Morgan fingerprint density at radius 1 is 0.944 bits per heavy atom. The highest BCUT2D eigenvalue weighted by atomic mass is 14.9. The molecule has 0 radical (unpaired) electrons. The van der Waals surface area contributed by atoms with Gasteiger partial charge >= 0.3 is 0 Å². The number of nitrogens with one attached hydrogen (secondary N) is 1. The molecule has 1 aliphatic rings. The van der Waals surface area contributed by atoms with Crippen molar-refractivity contribution in [2.75, 3.05) is 5.32 Å². The molecular weight excluding hydrogens is 220 g/mol. The van der Waals surface area contributed by atoms with Gasteiger partial charge in [0.05, 0.1) is 17.7 Å². The molecule has 2 heteroatoms. The lowest BCUT2D eigenvalue weighted by molar-refractivity contribution is 0.968. The Morgan fingerprint density at radius 2 is 1.67 bits per heavy atom. The number of nitriles is 1. The van der Waals surface area contributed by atoms with E-state index in [4.69, 9.17) is 0 Å². The van der Waals surface area contributed by atoms with Crippen LogP contribution in [0.2, 0.25) is 0 Å². The van der Waals surface area contributed by atoms with Crippen LogP contribution in [0.3, 0.4) is 0 Å². The molecule has 2 aromatic carbocycles. The Balaban J connectivity index is 1.97. The second-order valence-electron chi connectivity index (χ2n) is 4.28. The van der Waals surface area contributed by atoms with Gasteiger partial charge in [-0.2, -0.15) is 5.26 Å². The van der Waals surface area contributed by atoms with Crippen LogP contribution >= 0.6 is 0 Å². The number of anilines is 1. The van der Waals surface area contributed by atoms with Crippen molar-refractivity contribution in [1.29, 1.82) is 5.26 Å². The number of hydrogen-bond acceptors (Lipinski definition) is 2. The third-order valence-electron chi connectivity index (χ3n) is 3.14. The minimum atomic E-state index is -0.0337. The summed E-state index contributed by atoms with van der Waals surface area (Å²) in [6.07, 6.45) is 1.95. The van der Waals surface area contributed by atoms with E-state index in [0.29, 0.717) is 0 Å². The normalized spacial score (nSPS) is 16.6. The average molecular weight is 232 g/mol. The number of benzene rings is 2. The maximum Gasteiger partial charge on any atom is 0.0973 e. The van der Waals surface area contributed by atoms with Crippen LogP contribution < -0.4 is 5.32 Å². The van der Waals surface area contributed by atoms with Gasteiger partial charge in [0, 0.05) is 5.69 Å². The lowest BCUT2D eigenvalue weighted by atomic mass is 10.0. The summed E-state index contributed by atoms with van der Waals surface area (Å²) in [6, 6.07) is 20.3. The van der Waals surface area contributed by atoms with Gasteiger partial charge in [-0.25, -0.2) is 0 Å². The molecule has 0 fully saturated rings. The van der Waals surface area contributed by atoms with Gasteiger partial charge in [-0.1, -0.05) is 42.5 Å². The first-order valence-corrected chi connectivity index (χ1v) is 5.91. The maximum atomic E-state index is 9.23. The average Bonchev–Trinajstić information content (AvgIpc) is 2.78. The topological polar surface area (TPSA) is 35.8 Å². The molecule has 1 atom stereocenters. The Kier molecular flexibility index (Phi) is 2.59. The van der Waals surface area contributed by atoms with E-state index in [-0.39, 0.29) is 6.04 Å². The molecule has 0 amide bonds. The predicted molar refractivity (Wildman–Crippen MR) is 72.8 cm³/mol. The van der Waals surface area contributed by atoms with Gasteiger partial charge in [-0.05, 0) is 29.3 Å². The number of hydrogen-bond donors (Lipinski definition) is 1. The predicted octanol–water partition coefficient (Wildman–Crippen LogP) is 3.76. The summed E-state index contributed by atoms with van der Waals surface area (Å²) in [5.74, 6) is 0. The molecule has 18 heavy (non-hydrogen) atoms. The third kappa shape index (κ3) is 1.76. The number of rotatable bonds is 2. The molecule has 2 aromatic rings. The van der Waals surface area contributed by atoms with Crippen LogP contribution in [-0.2, 0) is 0 Å². The van der Waals surface area contributed by atoms with Crippen molar-refractivity contribution in [2.45, 2.75) is 6.04 Å². The van der Waals surface area contributed by atoms with Crippen molar-refractivity contribution in [3.05, 3.63) is 71.3 Å². The first kappa shape index (κ1) is 10.6. The molecule has 0 saturated carbocycles. The van der Waals surface area contributed by atoms with E-state index in [2.05, 4.69) is 17.5 Å². The lowest BCUT2D eigenvalue weighted by Crippen LogP contribution is -2.09. The zero-order valence-electron chi connectivity index (χ0n) is 9.80. The quantitative estimate of drug-likeness (QED) is 0.855. The fourth-order valence-corrected chi connectivity index (χ4v) is 2.28. The fraction of sp³-hybridized carbons (Fsp3) is 0.0625. The van der Waals surface area contributed by atoms with Crippen molar-refractivity contribution in [3.8, 4) is 6.07 Å². The van der Waals surface area contributed by atoms with Crippen LogP contribution in [0.4, 0.5) is 5.69 Å². The molecule has 0 spiro atoms. The zero-order chi connectivity index (χ0) is 12.4.